The number of carbonyl (C=O) groups excluding carboxylic acids is 1. The summed E-state index contributed by atoms with van der Waals surface area (Å²) in [6.07, 6.45) is 0. The Bertz CT molecular complexity index is 791. The van der Waals surface area contributed by atoms with Crippen molar-refractivity contribution in [2.45, 2.75) is 10.1 Å². The second kappa shape index (κ2) is 8.18. The van der Waals surface area contributed by atoms with Crippen LogP contribution in [-0.2, 0) is 4.79 Å². The van der Waals surface area contributed by atoms with Crippen molar-refractivity contribution in [1.29, 1.82) is 0 Å². The highest BCUT2D eigenvalue weighted by Gasteiger charge is 2.22. The Hall–Kier alpha value is -2.04. The predicted octanol–water partition coefficient (Wildman–Crippen LogP) is 5.92. The zero-order valence-corrected chi connectivity index (χ0v) is 15.3. The number of anilines is 1. The summed E-state index contributed by atoms with van der Waals surface area (Å²) >= 11 is 4.96. The van der Waals surface area contributed by atoms with E-state index in [-0.39, 0.29) is 11.2 Å². The normalized spacial score (nSPS) is 11.7. The van der Waals surface area contributed by atoms with Gasteiger partial charge in [0.2, 0.25) is 5.91 Å². The van der Waals surface area contributed by atoms with Crippen molar-refractivity contribution >= 4 is 39.3 Å². The topological polar surface area (TPSA) is 29.1 Å². The monoisotopic (exact) mass is 397 g/mol. The predicted molar refractivity (Wildman–Crippen MR) is 104 cm³/mol. The van der Waals surface area contributed by atoms with Crippen LogP contribution in [0.5, 0.6) is 0 Å². The van der Waals surface area contributed by atoms with Gasteiger partial charge in [-0.15, -0.1) is 11.8 Å². The molecule has 0 radical (unpaired) electrons. The average molecular weight is 398 g/mol. The quantitative estimate of drug-likeness (QED) is 0.541. The molecule has 0 aliphatic heterocycles. The number of thioether (sulfide) groups is 1. The molecule has 24 heavy (non-hydrogen) atoms. The van der Waals surface area contributed by atoms with E-state index in [2.05, 4.69) is 21.2 Å². The summed E-state index contributed by atoms with van der Waals surface area (Å²) in [5, 5.41) is 2.70. The van der Waals surface area contributed by atoms with Crippen LogP contribution in [0.2, 0.25) is 0 Å². The summed E-state index contributed by atoms with van der Waals surface area (Å²) in [5.41, 5.74) is 1.78. The molecule has 0 aromatic heterocycles. The van der Waals surface area contributed by atoms with Crippen molar-refractivity contribution in [3.8, 4) is 0 Å². The van der Waals surface area contributed by atoms with Crippen molar-refractivity contribution in [3.05, 3.63) is 95.0 Å². The number of nitrogens with one attached hydrogen (secondary N) is 1. The Morgan fingerprint density at radius 3 is 2.04 bits per heavy atom. The Labute approximate surface area is 154 Å². The Kier molecular flexibility index (Phi) is 5.72. The zero-order chi connectivity index (χ0) is 16.8. The van der Waals surface area contributed by atoms with Gasteiger partial charge in [-0.3, -0.25) is 4.79 Å². The standard InChI is InChI=1S/C20H16BrNOS/c21-16-11-13-17(14-12-16)22-20(23)19(15-7-3-1-4-8-15)24-18-9-5-2-6-10-18/h1-14,19H,(H,22,23)/t19-/m0/s1. The molecule has 0 bridgehead atoms. The van der Waals surface area contributed by atoms with E-state index in [1.165, 1.54) is 0 Å². The second-order valence-electron chi connectivity index (χ2n) is 5.22. The first-order valence-corrected chi connectivity index (χ1v) is 9.23. The minimum absolute atomic E-state index is 0.0302. The lowest BCUT2D eigenvalue weighted by Crippen LogP contribution is -2.18. The Morgan fingerprint density at radius 1 is 0.833 bits per heavy atom. The molecule has 4 heteroatoms. The molecule has 1 atom stereocenters. The van der Waals surface area contributed by atoms with Crippen LogP contribution in [0.25, 0.3) is 0 Å². The van der Waals surface area contributed by atoms with Crippen LogP contribution in [-0.4, -0.2) is 5.91 Å². The number of rotatable bonds is 5. The van der Waals surface area contributed by atoms with Crippen LogP contribution in [0, 0.1) is 0 Å². The fourth-order valence-corrected chi connectivity index (χ4v) is 3.59. The molecule has 0 heterocycles. The summed E-state index contributed by atoms with van der Waals surface area (Å²) in [6.45, 7) is 0. The van der Waals surface area contributed by atoms with Gasteiger partial charge in [-0.1, -0.05) is 64.5 Å². The summed E-state index contributed by atoms with van der Waals surface area (Å²) in [4.78, 5) is 13.9. The number of hydrogen-bond donors (Lipinski definition) is 1. The van der Waals surface area contributed by atoms with E-state index in [9.17, 15) is 4.79 Å². The first-order chi connectivity index (χ1) is 11.7. The number of hydrogen-bond acceptors (Lipinski definition) is 2. The highest BCUT2D eigenvalue weighted by molar-refractivity contribution is 9.10. The molecule has 0 aliphatic carbocycles. The van der Waals surface area contributed by atoms with Crippen molar-refractivity contribution in [2.75, 3.05) is 5.32 Å². The van der Waals surface area contributed by atoms with Gasteiger partial charge in [0.05, 0.1) is 0 Å². The van der Waals surface area contributed by atoms with Crippen LogP contribution < -0.4 is 5.32 Å². The van der Waals surface area contributed by atoms with Crippen LogP contribution >= 0.6 is 27.7 Å². The third kappa shape index (κ3) is 4.49. The second-order valence-corrected chi connectivity index (χ2v) is 7.31. The Balaban J connectivity index is 1.83. The lowest BCUT2D eigenvalue weighted by Gasteiger charge is -2.17. The average Bonchev–Trinajstić information content (AvgIpc) is 2.63. The first-order valence-electron chi connectivity index (χ1n) is 7.55. The van der Waals surface area contributed by atoms with Crippen molar-refractivity contribution in [3.63, 3.8) is 0 Å². The smallest absolute Gasteiger partial charge is 0.242 e. The molecule has 3 aromatic carbocycles. The highest BCUT2D eigenvalue weighted by atomic mass is 79.9. The van der Waals surface area contributed by atoms with Crippen LogP contribution in [0.15, 0.2) is 94.3 Å². The summed E-state index contributed by atoms with van der Waals surface area (Å²) < 4.78 is 0.985. The van der Waals surface area contributed by atoms with E-state index >= 15 is 0 Å². The fraction of sp³-hybridized carbons (Fsp3) is 0.0500. The summed E-state index contributed by atoms with van der Waals surface area (Å²) in [6, 6.07) is 27.4. The van der Waals surface area contributed by atoms with Crippen LogP contribution in [0.4, 0.5) is 5.69 Å². The molecule has 0 spiro atoms. The van der Waals surface area contributed by atoms with Gasteiger partial charge in [0.1, 0.15) is 5.25 Å². The highest BCUT2D eigenvalue weighted by Crippen LogP contribution is 2.36. The maximum Gasteiger partial charge on any atom is 0.242 e. The van der Waals surface area contributed by atoms with E-state index in [0.29, 0.717) is 0 Å². The van der Waals surface area contributed by atoms with E-state index in [1.807, 2.05) is 84.9 Å². The molecular weight excluding hydrogens is 382 g/mol. The van der Waals surface area contributed by atoms with Gasteiger partial charge in [-0.05, 0) is 42.0 Å². The van der Waals surface area contributed by atoms with Gasteiger partial charge in [-0.2, -0.15) is 0 Å². The molecule has 0 aliphatic rings. The zero-order valence-electron chi connectivity index (χ0n) is 12.9. The SMILES string of the molecule is O=C(Nc1ccc(Br)cc1)[C@@H](Sc1ccccc1)c1ccccc1. The van der Waals surface area contributed by atoms with Gasteiger partial charge < -0.3 is 5.32 Å². The third-order valence-electron chi connectivity index (χ3n) is 3.45. The van der Waals surface area contributed by atoms with Gasteiger partial charge in [-0.25, -0.2) is 0 Å². The molecule has 1 amide bonds. The van der Waals surface area contributed by atoms with Gasteiger partial charge in [0.25, 0.3) is 0 Å². The van der Waals surface area contributed by atoms with E-state index in [4.69, 9.17) is 0 Å². The molecule has 120 valence electrons. The molecule has 1 N–H and O–H groups in total. The van der Waals surface area contributed by atoms with Crippen molar-refractivity contribution in [2.24, 2.45) is 0 Å². The van der Waals surface area contributed by atoms with Crippen LogP contribution in [0.1, 0.15) is 10.8 Å². The van der Waals surface area contributed by atoms with E-state index < -0.39 is 0 Å². The summed E-state index contributed by atoms with van der Waals surface area (Å²) in [5.74, 6) is -0.0302. The van der Waals surface area contributed by atoms with E-state index in [1.54, 1.807) is 11.8 Å². The molecule has 3 rings (SSSR count). The molecule has 0 saturated heterocycles. The number of halogens is 1. The molecule has 3 aromatic rings. The largest absolute Gasteiger partial charge is 0.325 e. The van der Waals surface area contributed by atoms with Gasteiger partial charge in [0, 0.05) is 15.1 Å². The first kappa shape index (κ1) is 16.8. The lowest BCUT2D eigenvalue weighted by atomic mass is 10.1. The van der Waals surface area contributed by atoms with Gasteiger partial charge >= 0.3 is 0 Å². The minimum Gasteiger partial charge on any atom is -0.325 e. The minimum atomic E-state index is -0.308. The molecule has 0 saturated carbocycles. The molecule has 0 unspecified atom stereocenters. The third-order valence-corrected chi connectivity index (χ3v) is 5.24. The molecule has 0 fully saturated rings. The van der Waals surface area contributed by atoms with Gasteiger partial charge in [0.15, 0.2) is 0 Å². The summed E-state index contributed by atoms with van der Waals surface area (Å²) in [7, 11) is 0. The maximum absolute atomic E-state index is 12.9. The molecular formula is C20H16BrNOS. The molecule has 2 nitrogen and oxygen atoms in total. The number of amides is 1. The lowest BCUT2D eigenvalue weighted by molar-refractivity contribution is -0.115. The number of carbonyl (C=O) groups is 1. The van der Waals surface area contributed by atoms with Crippen molar-refractivity contribution in [1.82, 2.24) is 0 Å². The Morgan fingerprint density at radius 2 is 1.42 bits per heavy atom. The van der Waals surface area contributed by atoms with Crippen LogP contribution in [0.3, 0.4) is 0 Å². The van der Waals surface area contributed by atoms with Crippen molar-refractivity contribution < 1.29 is 4.79 Å². The number of benzene rings is 3. The van der Waals surface area contributed by atoms with E-state index in [0.717, 1.165) is 20.6 Å². The maximum atomic E-state index is 12.9. The fourth-order valence-electron chi connectivity index (χ4n) is 2.28.